The first-order chi connectivity index (χ1) is 8.20. The van der Waals surface area contributed by atoms with Gasteiger partial charge in [0.25, 0.3) is 0 Å². The predicted octanol–water partition coefficient (Wildman–Crippen LogP) is 1.99. The molecule has 0 aliphatic rings. The average molecular weight is 228 g/mol. The topological polar surface area (TPSA) is 47.3 Å². The Labute approximate surface area is 99.4 Å². The molecule has 0 spiro atoms. The lowest BCUT2D eigenvalue weighted by atomic mass is 10.0. The molecule has 1 aromatic carbocycles. The van der Waals surface area contributed by atoms with Crippen LogP contribution in [-0.4, -0.2) is 15.2 Å². The summed E-state index contributed by atoms with van der Waals surface area (Å²) >= 11 is 0. The molecule has 0 fully saturated rings. The fourth-order valence-electron chi connectivity index (χ4n) is 1.55. The second kappa shape index (κ2) is 4.62. The summed E-state index contributed by atoms with van der Waals surface area (Å²) in [6, 6.07) is 7.34. The summed E-state index contributed by atoms with van der Waals surface area (Å²) < 4.78 is 5.45. The van der Waals surface area contributed by atoms with Gasteiger partial charge in [-0.15, -0.1) is 11.3 Å². The summed E-state index contributed by atoms with van der Waals surface area (Å²) in [6.45, 7) is 2.31. The van der Waals surface area contributed by atoms with Crippen molar-refractivity contribution in [3.05, 3.63) is 47.2 Å². The highest BCUT2D eigenvalue weighted by Gasteiger charge is 2.06. The summed E-state index contributed by atoms with van der Waals surface area (Å²) in [5.74, 6) is 2.98. The normalized spacial score (nSPS) is 9.88. The minimum Gasteiger partial charge on any atom is -0.472 e. The van der Waals surface area contributed by atoms with Crippen LogP contribution in [0.5, 0.6) is 5.88 Å². The third-order valence-electron chi connectivity index (χ3n) is 2.48. The highest BCUT2D eigenvalue weighted by atomic mass is 16.5. The second-order valence-corrected chi connectivity index (χ2v) is 3.61. The lowest BCUT2D eigenvalue weighted by Crippen LogP contribution is -2.02. The third-order valence-corrected chi connectivity index (χ3v) is 2.48. The zero-order chi connectivity index (χ0) is 12.3. The zero-order valence-electron chi connectivity index (χ0n) is 9.42. The van der Waals surface area contributed by atoms with Crippen LogP contribution in [0.4, 0.5) is 0 Å². The van der Waals surface area contributed by atoms with Crippen LogP contribution in [0.3, 0.4) is 0 Å². The van der Waals surface area contributed by atoms with Gasteiger partial charge in [0, 0.05) is 17.2 Å². The molecule has 0 atom stereocenters. The number of ether oxygens (including phenoxy) is 1. The first-order valence-electron chi connectivity index (χ1n) is 5.13. The molecule has 1 N–H and O–H groups in total. The fraction of sp³-hybridized carbons (Fsp3) is 0.154. The number of aryl methyl sites for hydroxylation is 1. The van der Waals surface area contributed by atoms with Crippen LogP contribution in [-0.2, 0) is 6.61 Å². The van der Waals surface area contributed by atoms with Crippen molar-refractivity contribution in [2.45, 2.75) is 13.5 Å². The SMILES string of the molecule is C#Cc1cccc(C)c1COc1ccn(O)n1. The van der Waals surface area contributed by atoms with Crippen molar-refractivity contribution in [1.29, 1.82) is 0 Å². The van der Waals surface area contributed by atoms with E-state index >= 15 is 0 Å². The van der Waals surface area contributed by atoms with Gasteiger partial charge in [0.05, 0.1) is 6.20 Å². The molecule has 0 radical (unpaired) electrons. The molecule has 1 aromatic heterocycles. The van der Waals surface area contributed by atoms with E-state index in [2.05, 4.69) is 11.0 Å². The van der Waals surface area contributed by atoms with Crippen molar-refractivity contribution in [2.75, 3.05) is 0 Å². The number of aromatic nitrogens is 2. The van der Waals surface area contributed by atoms with Crippen molar-refractivity contribution in [2.24, 2.45) is 0 Å². The monoisotopic (exact) mass is 228 g/mol. The maximum Gasteiger partial charge on any atom is 0.236 e. The van der Waals surface area contributed by atoms with E-state index in [-0.39, 0.29) is 0 Å². The van der Waals surface area contributed by atoms with Gasteiger partial charge in [-0.05, 0) is 18.6 Å². The summed E-state index contributed by atoms with van der Waals surface area (Å²) in [4.78, 5) is 0.704. The maximum atomic E-state index is 9.00. The fourth-order valence-corrected chi connectivity index (χ4v) is 1.55. The van der Waals surface area contributed by atoms with E-state index < -0.39 is 0 Å². The smallest absolute Gasteiger partial charge is 0.236 e. The molecule has 2 rings (SSSR count). The van der Waals surface area contributed by atoms with Gasteiger partial charge in [-0.1, -0.05) is 23.2 Å². The van der Waals surface area contributed by atoms with E-state index in [9.17, 15) is 0 Å². The van der Waals surface area contributed by atoms with Crippen molar-refractivity contribution in [1.82, 2.24) is 9.94 Å². The molecule has 0 amide bonds. The van der Waals surface area contributed by atoms with Gasteiger partial charge >= 0.3 is 0 Å². The Morgan fingerprint density at radius 3 is 2.94 bits per heavy atom. The molecule has 86 valence electrons. The van der Waals surface area contributed by atoms with Gasteiger partial charge in [-0.25, -0.2) is 0 Å². The van der Waals surface area contributed by atoms with Crippen molar-refractivity contribution < 1.29 is 9.94 Å². The largest absolute Gasteiger partial charge is 0.472 e. The molecule has 4 nitrogen and oxygen atoms in total. The van der Waals surface area contributed by atoms with Crippen LogP contribution in [0.2, 0.25) is 0 Å². The van der Waals surface area contributed by atoms with Crippen LogP contribution < -0.4 is 4.74 Å². The lowest BCUT2D eigenvalue weighted by molar-refractivity contribution is 0.141. The molecule has 0 saturated carbocycles. The van der Waals surface area contributed by atoms with Gasteiger partial charge < -0.3 is 9.94 Å². The first kappa shape index (κ1) is 11.1. The number of nitrogens with zero attached hydrogens (tertiary/aromatic N) is 2. The predicted molar refractivity (Wildman–Crippen MR) is 62.9 cm³/mol. The van der Waals surface area contributed by atoms with Gasteiger partial charge in [-0.3, -0.25) is 0 Å². The Morgan fingerprint density at radius 1 is 1.47 bits per heavy atom. The Kier molecular flexibility index (Phi) is 3.01. The molecule has 0 saturated heterocycles. The van der Waals surface area contributed by atoms with E-state index in [1.165, 1.54) is 6.20 Å². The average Bonchev–Trinajstić information content (AvgIpc) is 2.73. The van der Waals surface area contributed by atoms with Crippen LogP contribution in [0.1, 0.15) is 16.7 Å². The van der Waals surface area contributed by atoms with Crippen molar-refractivity contribution in [3.8, 4) is 18.2 Å². The minimum atomic E-state index is 0.337. The van der Waals surface area contributed by atoms with Gasteiger partial charge in [0.2, 0.25) is 5.88 Å². The summed E-state index contributed by atoms with van der Waals surface area (Å²) in [5, 5.41) is 12.7. The molecule has 17 heavy (non-hydrogen) atoms. The van der Waals surface area contributed by atoms with Crippen LogP contribution in [0.25, 0.3) is 0 Å². The molecule has 0 aliphatic heterocycles. The molecule has 1 heterocycles. The number of benzene rings is 1. The Morgan fingerprint density at radius 2 is 2.29 bits per heavy atom. The molecular formula is C13H12N2O2. The van der Waals surface area contributed by atoms with E-state index in [4.69, 9.17) is 16.4 Å². The van der Waals surface area contributed by atoms with Gasteiger partial charge in [0.1, 0.15) is 6.61 Å². The quantitative estimate of drug-likeness (QED) is 0.645. The molecular weight excluding hydrogens is 216 g/mol. The Hall–Kier alpha value is -2.41. The molecule has 0 bridgehead atoms. The van der Waals surface area contributed by atoms with Crippen molar-refractivity contribution in [3.63, 3.8) is 0 Å². The second-order valence-electron chi connectivity index (χ2n) is 3.61. The maximum absolute atomic E-state index is 9.00. The number of terminal acetylenes is 1. The van der Waals surface area contributed by atoms with Gasteiger partial charge in [-0.2, -0.15) is 0 Å². The highest BCUT2D eigenvalue weighted by Crippen LogP contribution is 2.16. The summed E-state index contributed by atoms with van der Waals surface area (Å²) in [6.07, 6.45) is 6.83. The van der Waals surface area contributed by atoms with Crippen LogP contribution in [0.15, 0.2) is 30.5 Å². The van der Waals surface area contributed by atoms with Crippen molar-refractivity contribution >= 4 is 0 Å². The van der Waals surface area contributed by atoms with E-state index in [0.29, 0.717) is 17.3 Å². The van der Waals surface area contributed by atoms with Crippen LogP contribution in [0, 0.1) is 19.3 Å². The summed E-state index contributed by atoms with van der Waals surface area (Å²) in [5.41, 5.74) is 2.85. The minimum absolute atomic E-state index is 0.337. The van der Waals surface area contributed by atoms with Crippen LogP contribution >= 0.6 is 0 Å². The lowest BCUT2D eigenvalue weighted by Gasteiger charge is -2.08. The first-order valence-corrected chi connectivity index (χ1v) is 5.13. The van der Waals surface area contributed by atoms with E-state index in [1.807, 2.05) is 25.1 Å². The third kappa shape index (κ3) is 2.40. The Bertz CT molecular complexity index is 567. The molecule has 4 heteroatoms. The standard InChI is InChI=1S/C13H12N2O2/c1-3-11-6-4-5-10(2)12(11)9-17-13-7-8-15(16)14-13/h1,4-8,16H,9H2,2H3. The van der Waals surface area contributed by atoms with E-state index in [1.54, 1.807) is 6.07 Å². The number of hydrogen-bond donors (Lipinski definition) is 1. The van der Waals surface area contributed by atoms with Gasteiger partial charge in [0.15, 0.2) is 0 Å². The molecule has 0 unspecified atom stereocenters. The zero-order valence-corrected chi connectivity index (χ0v) is 9.42. The number of rotatable bonds is 3. The highest BCUT2D eigenvalue weighted by molar-refractivity contribution is 5.43. The molecule has 2 aromatic rings. The van der Waals surface area contributed by atoms with E-state index in [0.717, 1.165) is 16.7 Å². The summed E-state index contributed by atoms with van der Waals surface area (Å²) in [7, 11) is 0. The molecule has 0 aliphatic carbocycles. The Balaban J connectivity index is 2.17. The number of hydrogen-bond acceptors (Lipinski definition) is 3.